The van der Waals surface area contributed by atoms with Crippen LogP contribution < -0.4 is 16.6 Å². The van der Waals surface area contributed by atoms with Crippen molar-refractivity contribution in [2.75, 3.05) is 5.73 Å². The second-order valence-electron chi connectivity index (χ2n) is 9.83. The minimum absolute atomic E-state index is 0.0461. The van der Waals surface area contributed by atoms with Gasteiger partial charge in [-0.2, -0.15) is 5.10 Å². The van der Waals surface area contributed by atoms with Gasteiger partial charge in [-0.25, -0.2) is 19.0 Å². The SMILES string of the molecule is C[C@@H](NC(=O)c1c(N)nn2cccnc12)c1nc2cccc(C#Cc3cnn4ccccc34)c2c(=O)n1-c1ccccc1. The second kappa shape index (κ2) is 10.3. The highest BCUT2D eigenvalue weighted by atomic mass is 16.2. The van der Waals surface area contributed by atoms with Crippen molar-refractivity contribution in [3.05, 3.63) is 130 Å². The number of fused-ring (bicyclic) bond motifs is 3. The number of carbonyl (C=O) groups excluding carboxylic acids is 1. The van der Waals surface area contributed by atoms with E-state index in [1.165, 1.54) is 9.08 Å². The van der Waals surface area contributed by atoms with Gasteiger partial charge in [-0.15, -0.1) is 5.10 Å². The molecule has 0 radical (unpaired) electrons. The van der Waals surface area contributed by atoms with Crippen LogP contribution in [0, 0.1) is 11.8 Å². The molecular formula is C32H23N9O2. The lowest BCUT2D eigenvalue weighted by molar-refractivity contribution is 0.0940. The number of anilines is 1. The summed E-state index contributed by atoms with van der Waals surface area (Å²) < 4.78 is 4.69. The number of nitrogens with one attached hydrogen (secondary N) is 1. The normalized spacial score (nSPS) is 11.8. The first-order valence-corrected chi connectivity index (χ1v) is 13.4. The number of amides is 1. The average Bonchev–Trinajstić information content (AvgIpc) is 3.60. The third-order valence-corrected chi connectivity index (χ3v) is 7.08. The molecule has 1 amide bonds. The summed E-state index contributed by atoms with van der Waals surface area (Å²) in [5.41, 5.74) is 9.43. The number of rotatable bonds is 4. The third kappa shape index (κ3) is 4.43. The van der Waals surface area contributed by atoms with Crippen molar-refractivity contribution in [1.29, 1.82) is 0 Å². The van der Waals surface area contributed by atoms with E-state index in [1.54, 1.807) is 54.3 Å². The minimum Gasteiger partial charge on any atom is -0.381 e. The zero-order valence-electron chi connectivity index (χ0n) is 22.8. The lowest BCUT2D eigenvalue weighted by Crippen LogP contribution is -2.33. The topological polar surface area (TPSA) is 138 Å². The van der Waals surface area contributed by atoms with E-state index in [1.807, 2.05) is 54.7 Å². The van der Waals surface area contributed by atoms with E-state index in [0.717, 1.165) is 11.1 Å². The molecule has 5 aromatic heterocycles. The number of nitrogen functional groups attached to an aromatic ring is 1. The fourth-order valence-corrected chi connectivity index (χ4v) is 5.09. The monoisotopic (exact) mass is 565 g/mol. The van der Waals surface area contributed by atoms with E-state index >= 15 is 0 Å². The Morgan fingerprint density at radius 2 is 1.72 bits per heavy atom. The number of nitrogens with zero attached hydrogens (tertiary/aromatic N) is 7. The quantitative estimate of drug-likeness (QED) is 0.311. The van der Waals surface area contributed by atoms with Gasteiger partial charge in [0.25, 0.3) is 11.5 Å². The van der Waals surface area contributed by atoms with Gasteiger partial charge in [0, 0.05) is 24.2 Å². The molecule has 0 aliphatic rings. The fraction of sp³-hybridized carbons (Fsp3) is 0.0625. The first kappa shape index (κ1) is 25.7. The summed E-state index contributed by atoms with van der Waals surface area (Å²) in [6.45, 7) is 1.76. The van der Waals surface area contributed by atoms with E-state index in [0.29, 0.717) is 33.6 Å². The smallest absolute Gasteiger partial charge is 0.267 e. The van der Waals surface area contributed by atoms with E-state index in [2.05, 4.69) is 32.3 Å². The summed E-state index contributed by atoms with van der Waals surface area (Å²) in [6, 6.07) is 21.3. The molecule has 5 heterocycles. The Bertz CT molecular complexity index is 2310. The van der Waals surface area contributed by atoms with Crippen LogP contribution in [0.1, 0.15) is 40.3 Å². The van der Waals surface area contributed by atoms with Crippen molar-refractivity contribution < 1.29 is 4.79 Å². The Hall–Kier alpha value is -6.28. The van der Waals surface area contributed by atoms with E-state index < -0.39 is 11.9 Å². The Morgan fingerprint density at radius 3 is 2.58 bits per heavy atom. The molecule has 0 saturated carbocycles. The summed E-state index contributed by atoms with van der Waals surface area (Å²) in [7, 11) is 0. The van der Waals surface area contributed by atoms with E-state index in [4.69, 9.17) is 10.7 Å². The molecule has 43 heavy (non-hydrogen) atoms. The first-order valence-electron chi connectivity index (χ1n) is 13.4. The molecule has 0 saturated heterocycles. The maximum atomic E-state index is 14.3. The van der Waals surface area contributed by atoms with Crippen LogP contribution in [-0.4, -0.2) is 39.7 Å². The Morgan fingerprint density at radius 1 is 0.930 bits per heavy atom. The van der Waals surface area contributed by atoms with Gasteiger partial charge in [-0.1, -0.05) is 42.2 Å². The van der Waals surface area contributed by atoms with Gasteiger partial charge in [0.15, 0.2) is 11.5 Å². The summed E-state index contributed by atoms with van der Waals surface area (Å²) >= 11 is 0. The highest BCUT2D eigenvalue weighted by Crippen LogP contribution is 2.22. The average molecular weight is 566 g/mol. The molecule has 1 atom stereocenters. The molecule has 11 heteroatoms. The molecule has 208 valence electrons. The molecule has 2 aromatic carbocycles. The van der Waals surface area contributed by atoms with Crippen LogP contribution in [0.15, 0.2) is 102 Å². The fourth-order valence-electron chi connectivity index (χ4n) is 5.09. The van der Waals surface area contributed by atoms with Crippen molar-refractivity contribution in [1.82, 2.24) is 39.1 Å². The zero-order chi connectivity index (χ0) is 29.5. The number of hydrogen-bond acceptors (Lipinski definition) is 7. The second-order valence-corrected chi connectivity index (χ2v) is 9.83. The standard InChI is InChI=1S/C32H23N9O2/c1-20(36-31(42)27-28(33)38-40-18-8-16-34-30(27)40)29-37-24-12-7-9-21(14-15-22-19-35-39-17-6-5-13-25(22)39)26(24)32(43)41(29)23-10-3-2-4-11-23/h2-13,16-20H,1H3,(H2,33,38)(H,36,42)/t20-/m1/s1. The molecule has 3 N–H and O–H groups in total. The summed E-state index contributed by atoms with van der Waals surface area (Å²) in [6.07, 6.45) is 6.77. The van der Waals surface area contributed by atoms with Crippen LogP contribution in [0.25, 0.3) is 27.8 Å². The highest BCUT2D eigenvalue weighted by Gasteiger charge is 2.24. The molecule has 0 unspecified atom stereocenters. The maximum absolute atomic E-state index is 14.3. The van der Waals surface area contributed by atoms with Crippen LogP contribution in [0.4, 0.5) is 5.82 Å². The number of hydrogen-bond donors (Lipinski definition) is 2. The summed E-state index contributed by atoms with van der Waals surface area (Å²) in [5, 5.41) is 11.8. The maximum Gasteiger partial charge on any atom is 0.267 e. The lowest BCUT2D eigenvalue weighted by atomic mass is 10.1. The molecule has 0 aliphatic heterocycles. The molecule has 0 bridgehead atoms. The number of para-hydroxylation sites is 1. The number of nitrogens with two attached hydrogens (primary N) is 1. The van der Waals surface area contributed by atoms with Crippen molar-refractivity contribution in [2.45, 2.75) is 13.0 Å². The Balaban J connectivity index is 1.35. The first-order chi connectivity index (χ1) is 21.0. The molecule has 0 spiro atoms. The lowest BCUT2D eigenvalue weighted by Gasteiger charge is -2.20. The summed E-state index contributed by atoms with van der Waals surface area (Å²) in [5.74, 6) is 6.24. The van der Waals surface area contributed by atoms with Crippen LogP contribution in [0.3, 0.4) is 0 Å². The number of benzene rings is 2. The molecule has 0 aliphatic carbocycles. The van der Waals surface area contributed by atoms with Gasteiger partial charge < -0.3 is 11.1 Å². The van der Waals surface area contributed by atoms with Gasteiger partial charge in [-0.05, 0) is 49.4 Å². The van der Waals surface area contributed by atoms with Crippen molar-refractivity contribution in [3.8, 4) is 17.5 Å². The number of aromatic nitrogens is 7. The molecular weight excluding hydrogens is 542 g/mol. The largest absolute Gasteiger partial charge is 0.381 e. The highest BCUT2D eigenvalue weighted by molar-refractivity contribution is 6.04. The van der Waals surface area contributed by atoms with E-state index in [9.17, 15) is 9.59 Å². The predicted octanol–water partition coefficient (Wildman–Crippen LogP) is 3.55. The summed E-state index contributed by atoms with van der Waals surface area (Å²) in [4.78, 5) is 36.9. The van der Waals surface area contributed by atoms with Crippen LogP contribution >= 0.6 is 0 Å². The van der Waals surface area contributed by atoms with Crippen LogP contribution in [0.5, 0.6) is 0 Å². The van der Waals surface area contributed by atoms with Gasteiger partial charge in [0.1, 0.15) is 11.4 Å². The van der Waals surface area contributed by atoms with Crippen molar-refractivity contribution in [2.24, 2.45) is 0 Å². The predicted molar refractivity (Wildman–Crippen MR) is 162 cm³/mol. The Kier molecular flexibility index (Phi) is 6.14. The molecule has 7 rings (SSSR count). The van der Waals surface area contributed by atoms with Gasteiger partial charge in [0.05, 0.1) is 39.9 Å². The van der Waals surface area contributed by atoms with Gasteiger partial charge >= 0.3 is 0 Å². The molecule has 0 fully saturated rings. The van der Waals surface area contributed by atoms with Crippen molar-refractivity contribution in [3.63, 3.8) is 0 Å². The van der Waals surface area contributed by atoms with Crippen LogP contribution in [0.2, 0.25) is 0 Å². The third-order valence-electron chi connectivity index (χ3n) is 7.08. The van der Waals surface area contributed by atoms with E-state index in [-0.39, 0.29) is 16.9 Å². The molecule has 11 nitrogen and oxygen atoms in total. The zero-order valence-corrected chi connectivity index (χ0v) is 22.8. The minimum atomic E-state index is -0.698. The van der Waals surface area contributed by atoms with Gasteiger partial charge in [0.2, 0.25) is 0 Å². The Labute approximate surface area is 244 Å². The molecule has 7 aromatic rings. The van der Waals surface area contributed by atoms with Gasteiger partial charge in [-0.3, -0.25) is 14.2 Å². The number of carbonyl (C=O) groups is 1. The van der Waals surface area contributed by atoms with Crippen LogP contribution in [-0.2, 0) is 0 Å². The van der Waals surface area contributed by atoms with Crippen molar-refractivity contribution >= 4 is 33.8 Å². The number of pyridine rings is 1.